The second-order valence-corrected chi connectivity index (χ2v) is 8.17. The molecule has 6 nitrogen and oxygen atoms in total. The summed E-state index contributed by atoms with van der Waals surface area (Å²) in [6, 6.07) is 5.37. The number of methoxy groups -OCH3 is 1. The third-order valence-electron chi connectivity index (χ3n) is 4.54. The van der Waals surface area contributed by atoms with E-state index in [1.165, 1.54) is 6.08 Å². The molecule has 0 spiro atoms. The van der Waals surface area contributed by atoms with Crippen molar-refractivity contribution in [1.29, 1.82) is 0 Å². The number of benzene rings is 1. The van der Waals surface area contributed by atoms with Crippen molar-refractivity contribution >= 4 is 35.2 Å². The average molecular weight is 426 g/mol. The third kappa shape index (κ3) is 5.00. The van der Waals surface area contributed by atoms with Crippen molar-refractivity contribution in [2.24, 2.45) is 5.92 Å². The number of carbonyl (C=O) groups excluding carboxylic acids is 1. The first-order chi connectivity index (χ1) is 13.3. The summed E-state index contributed by atoms with van der Waals surface area (Å²) in [5.41, 5.74) is 2.47. The van der Waals surface area contributed by atoms with Crippen LogP contribution in [0.1, 0.15) is 29.0 Å². The lowest BCUT2D eigenvalue weighted by Gasteiger charge is -2.11. The van der Waals surface area contributed by atoms with Gasteiger partial charge in [0.05, 0.1) is 25.0 Å². The molecule has 1 atom stereocenters. The Bertz CT molecular complexity index is 871. The molecule has 1 aliphatic carbocycles. The van der Waals surface area contributed by atoms with Crippen molar-refractivity contribution in [1.82, 2.24) is 5.16 Å². The van der Waals surface area contributed by atoms with Gasteiger partial charge in [-0.25, -0.2) is 4.79 Å². The van der Waals surface area contributed by atoms with Crippen LogP contribution in [0, 0.1) is 19.8 Å². The molecule has 0 radical (unpaired) electrons. The highest BCUT2D eigenvalue weighted by atomic mass is 35.5. The van der Waals surface area contributed by atoms with Crippen LogP contribution in [0.3, 0.4) is 0 Å². The number of alkyl halides is 2. The first-order valence-electron chi connectivity index (χ1n) is 8.75. The maximum absolute atomic E-state index is 11.8. The van der Waals surface area contributed by atoms with Gasteiger partial charge in [0.25, 0.3) is 0 Å². The summed E-state index contributed by atoms with van der Waals surface area (Å²) >= 11 is 11.8. The number of hydrogen-bond acceptors (Lipinski definition) is 6. The molecule has 0 aliphatic heterocycles. The second kappa shape index (κ2) is 8.45. The molecule has 1 saturated carbocycles. The standard InChI is InChI=1S/C20H21Cl2NO5/c1-12-16(13(2)28-23-12)11-26-17-6-4-14(8-18(17)25-3)5-7-19(24)27-10-15-9-20(15,21)22/h4-8,15H,9-11H2,1-3H3/b7-5+. The predicted molar refractivity (Wildman–Crippen MR) is 106 cm³/mol. The van der Waals surface area contributed by atoms with Crippen molar-refractivity contribution in [3.8, 4) is 11.5 Å². The zero-order valence-electron chi connectivity index (χ0n) is 15.8. The van der Waals surface area contributed by atoms with Crippen molar-refractivity contribution < 1.29 is 23.5 Å². The number of carbonyl (C=O) groups is 1. The Balaban J connectivity index is 1.58. The number of halogens is 2. The van der Waals surface area contributed by atoms with Gasteiger partial charge in [-0.3, -0.25) is 0 Å². The van der Waals surface area contributed by atoms with Crippen LogP contribution in [-0.2, 0) is 16.1 Å². The fourth-order valence-corrected chi connectivity index (χ4v) is 3.11. The van der Waals surface area contributed by atoms with E-state index in [4.69, 9.17) is 41.9 Å². The van der Waals surface area contributed by atoms with Gasteiger partial charge in [-0.05, 0) is 44.0 Å². The van der Waals surface area contributed by atoms with Crippen LogP contribution in [0.25, 0.3) is 6.08 Å². The second-order valence-electron chi connectivity index (χ2n) is 6.63. The monoisotopic (exact) mass is 425 g/mol. The Hall–Kier alpha value is -2.18. The van der Waals surface area contributed by atoms with Crippen LogP contribution in [0.4, 0.5) is 0 Å². The highest BCUT2D eigenvalue weighted by molar-refractivity contribution is 6.50. The first kappa shape index (κ1) is 20.6. The molecule has 0 N–H and O–H groups in total. The van der Waals surface area contributed by atoms with E-state index in [0.717, 1.165) is 22.6 Å². The summed E-state index contributed by atoms with van der Waals surface area (Å²) < 4.78 is 20.8. The van der Waals surface area contributed by atoms with Gasteiger partial charge in [-0.1, -0.05) is 11.2 Å². The normalized spacial score (nSPS) is 17.5. The molecule has 1 fully saturated rings. The zero-order chi connectivity index (χ0) is 20.3. The zero-order valence-corrected chi connectivity index (χ0v) is 17.3. The van der Waals surface area contributed by atoms with Gasteiger partial charge >= 0.3 is 5.97 Å². The van der Waals surface area contributed by atoms with E-state index >= 15 is 0 Å². The number of rotatable bonds is 8. The molecule has 1 aromatic heterocycles. The van der Waals surface area contributed by atoms with E-state index in [1.807, 2.05) is 19.9 Å². The molecule has 0 bridgehead atoms. The lowest BCUT2D eigenvalue weighted by molar-refractivity contribution is -0.138. The Kier molecular flexibility index (Phi) is 6.20. The molecule has 1 unspecified atom stereocenters. The summed E-state index contributed by atoms with van der Waals surface area (Å²) in [4.78, 5) is 11.8. The molecule has 28 heavy (non-hydrogen) atoms. The molecular weight excluding hydrogens is 405 g/mol. The molecule has 0 saturated heterocycles. The van der Waals surface area contributed by atoms with Crippen LogP contribution in [0.5, 0.6) is 11.5 Å². The lowest BCUT2D eigenvalue weighted by Crippen LogP contribution is -2.06. The summed E-state index contributed by atoms with van der Waals surface area (Å²) in [6.07, 6.45) is 3.63. The Morgan fingerprint density at radius 3 is 2.71 bits per heavy atom. The molecular formula is C20H21Cl2NO5. The number of aryl methyl sites for hydroxylation is 2. The van der Waals surface area contributed by atoms with Gasteiger partial charge in [0, 0.05) is 12.0 Å². The molecule has 1 heterocycles. The molecule has 150 valence electrons. The van der Waals surface area contributed by atoms with Crippen molar-refractivity contribution in [3.05, 3.63) is 46.9 Å². The lowest BCUT2D eigenvalue weighted by atomic mass is 10.2. The minimum atomic E-state index is -0.753. The van der Waals surface area contributed by atoms with E-state index in [1.54, 1.807) is 25.3 Å². The molecule has 1 aromatic carbocycles. The maximum Gasteiger partial charge on any atom is 0.330 e. The minimum Gasteiger partial charge on any atom is -0.493 e. The summed E-state index contributed by atoms with van der Waals surface area (Å²) in [5.74, 6) is 1.41. The van der Waals surface area contributed by atoms with E-state index < -0.39 is 10.3 Å². The largest absolute Gasteiger partial charge is 0.493 e. The van der Waals surface area contributed by atoms with E-state index in [-0.39, 0.29) is 12.5 Å². The molecule has 0 amide bonds. The molecule has 1 aliphatic rings. The number of nitrogens with zero attached hydrogens (tertiary/aromatic N) is 1. The van der Waals surface area contributed by atoms with Crippen LogP contribution in [-0.4, -0.2) is 29.2 Å². The van der Waals surface area contributed by atoms with Gasteiger partial charge < -0.3 is 18.7 Å². The van der Waals surface area contributed by atoms with Crippen LogP contribution in [0.2, 0.25) is 0 Å². The number of aromatic nitrogens is 1. The highest BCUT2D eigenvalue weighted by Crippen LogP contribution is 2.53. The summed E-state index contributed by atoms with van der Waals surface area (Å²) in [5, 5.41) is 3.91. The van der Waals surface area contributed by atoms with Crippen molar-refractivity contribution in [3.63, 3.8) is 0 Å². The number of hydrogen-bond donors (Lipinski definition) is 0. The fourth-order valence-electron chi connectivity index (χ4n) is 2.61. The Labute approximate surface area is 173 Å². The van der Waals surface area contributed by atoms with Crippen molar-refractivity contribution in [2.75, 3.05) is 13.7 Å². The van der Waals surface area contributed by atoms with E-state index in [0.29, 0.717) is 24.5 Å². The van der Waals surface area contributed by atoms with Crippen LogP contribution in [0.15, 0.2) is 28.8 Å². The molecule has 3 rings (SSSR count). The number of esters is 1. The summed E-state index contributed by atoms with van der Waals surface area (Å²) in [7, 11) is 1.56. The molecule has 8 heteroatoms. The van der Waals surface area contributed by atoms with Gasteiger partial charge in [0.2, 0.25) is 0 Å². The Morgan fingerprint density at radius 1 is 1.36 bits per heavy atom. The van der Waals surface area contributed by atoms with Crippen LogP contribution < -0.4 is 9.47 Å². The SMILES string of the molecule is COc1cc(/C=C/C(=O)OCC2CC2(Cl)Cl)ccc1OCc1c(C)noc1C. The topological polar surface area (TPSA) is 70.8 Å². The van der Waals surface area contributed by atoms with E-state index in [9.17, 15) is 4.79 Å². The highest BCUT2D eigenvalue weighted by Gasteiger charge is 2.52. The number of ether oxygens (including phenoxy) is 3. The molecule has 2 aromatic rings. The van der Waals surface area contributed by atoms with Gasteiger partial charge in [-0.15, -0.1) is 23.2 Å². The summed E-state index contributed by atoms with van der Waals surface area (Å²) in [6.45, 7) is 4.24. The van der Waals surface area contributed by atoms with Gasteiger partial charge in [0.15, 0.2) is 11.5 Å². The van der Waals surface area contributed by atoms with Gasteiger partial charge in [-0.2, -0.15) is 0 Å². The average Bonchev–Trinajstić information content (AvgIpc) is 3.16. The fraction of sp³-hybridized carbons (Fsp3) is 0.400. The predicted octanol–water partition coefficient (Wildman–Crippen LogP) is 4.63. The smallest absolute Gasteiger partial charge is 0.330 e. The Morgan fingerprint density at radius 2 is 2.11 bits per heavy atom. The van der Waals surface area contributed by atoms with E-state index in [2.05, 4.69) is 5.16 Å². The first-order valence-corrected chi connectivity index (χ1v) is 9.51. The van der Waals surface area contributed by atoms with Gasteiger partial charge in [0.1, 0.15) is 16.7 Å². The third-order valence-corrected chi connectivity index (χ3v) is 5.46. The quantitative estimate of drug-likeness (QED) is 0.348. The minimum absolute atomic E-state index is 0.00223. The van der Waals surface area contributed by atoms with Crippen LogP contribution >= 0.6 is 23.2 Å². The maximum atomic E-state index is 11.8. The van der Waals surface area contributed by atoms with Crippen molar-refractivity contribution in [2.45, 2.75) is 31.2 Å².